The van der Waals surface area contributed by atoms with Crippen LogP contribution in [-0.2, 0) is 9.53 Å². The van der Waals surface area contributed by atoms with Crippen LogP contribution in [0.1, 0.15) is 41.0 Å². The van der Waals surface area contributed by atoms with Crippen LogP contribution in [0.15, 0.2) is 0 Å². The van der Waals surface area contributed by atoms with E-state index in [0.717, 1.165) is 6.42 Å². The number of esters is 1. The Labute approximate surface area is 87.2 Å². The fourth-order valence-electron chi connectivity index (χ4n) is 0.934. The molecule has 0 aromatic carbocycles. The third-order valence-electron chi connectivity index (χ3n) is 2.63. The first-order chi connectivity index (χ1) is 6.25. The molecule has 0 aromatic rings. The molecule has 0 saturated heterocycles. The quantitative estimate of drug-likeness (QED) is 0.691. The second kappa shape index (κ2) is 4.78. The average molecular weight is 201 g/mol. The lowest BCUT2D eigenvalue weighted by Gasteiger charge is -2.30. The number of hydrogen-bond acceptors (Lipinski definition) is 3. The van der Waals surface area contributed by atoms with E-state index in [4.69, 9.17) is 4.74 Å². The van der Waals surface area contributed by atoms with E-state index in [9.17, 15) is 4.79 Å². The maximum atomic E-state index is 11.4. The SMILES string of the molecule is CCC(C)(C)NCC(C)(C)C(=O)OC. The van der Waals surface area contributed by atoms with E-state index >= 15 is 0 Å². The van der Waals surface area contributed by atoms with Gasteiger partial charge in [0.2, 0.25) is 0 Å². The van der Waals surface area contributed by atoms with Crippen molar-refractivity contribution < 1.29 is 9.53 Å². The number of hydrogen-bond donors (Lipinski definition) is 1. The third-order valence-corrected chi connectivity index (χ3v) is 2.63. The highest BCUT2D eigenvalue weighted by atomic mass is 16.5. The molecule has 1 N–H and O–H groups in total. The standard InChI is InChI=1S/C11H23NO2/c1-7-11(4,5)12-8-10(2,3)9(13)14-6/h12H,7-8H2,1-6H3. The van der Waals surface area contributed by atoms with Gasteiger partial charge >= 0.3 is 5.97 Å². The van der Waals surface area contributed by atoms with Gasteiger partial charge in [0.1, 0.15) is 0 Å². The molecule has 0 aliphatic rings. The molecule has 0 unspecified atom stereocenters. The molecule has 0 saturated carbocycles. The van der Waals surface area contributed by atoms with E-state index < -0.39 is 5.41 Å². The van der Waals surface area contributed by atoms with Crippen molar-refractivity contribution in [3.63, 3.8) is 0 Å². The van der Waals surface area contributed by atoms with Crippen LogP contribution in [0.5, 0.6) is 0 Å². The highest BCUT2D eigenvalue weighted by Gasteiger charge is 2.30. The Morgan fingerprint density at radius 2 is 1.79 bits per heavy atom. The molecule has 3 heteroatoms. The van der Waals surface area contributed by atoms with Gasteiger partial charge in [-0.25, -0.2) is 0 Å². The van der Waals surface area contributed by atoms with Crippen LogP contribution in [0.25, 0.3) is 0 Å². The summed E-state index contributed by atoms with van der Waals surface area (Å²) >= 11 is 0. The van der Waals surface area contributed by atoms with Gasteiger partial charge in [0.15, 0.2) is 0 Å². The maximum absolute atomic E-state index is 11.4. The summed E-state index contributed by atoms with van der Waals surface area (Å²) in [4.78, 5) is 11.4. The Hall–Kier alpha value is -0.570. The zero-order valence-electron chi connectivity index (χ0n) is 10.2. The first kappa shape index (κ1) is 13.4. The lowest BCUT2D eigenvalue weighted by molar-refractivity contribution is -0.150. The zero-order valence-corrected chi connectivity index (χ0v) is 10.2. The molecular formula is C11H23NO2. The van der Waals surface area contributed by atoms with Crippen LogP contribution >= 0.6 is 0 Å². The largest absolute Gasteiger partial charge is 0.469 e. The molecule has 0 aliphatic carbocycles. The van der Waals surface area contributed by atoms with Crippen molar-refractivity contribution in [3.05, 3.63) is 0 Å². The lowest BCUT2D eigenvalue weighted by atomic mass is 9.91. The average Bonchev–Trinajstić information content (AvgIpc) is 2.14. The van der Waals surface area contributed by atoms with Crippen LogP contribution in [0.2, 0.25) is 0 Å². The van der Waals surface area contributed by atoms with Gasteiger partial charge in [-0.15, -0.1) is 0 Å². The molecule has 0 atom stereocenters. The number of ether oxygens (including phenoxy) is 1. The highest BCUT2D eigenvalue weighted by Crippen LogP contribution is 2.18. The first-order valence-corrected chi connectivity index (χ1v) is 5.08. The predicted molar refractivity (Wildman–Crippen MR) is 58.2 cm³/mol. The first-order valence-electron chi connectivity index (χ1n) is 5.08. The van der Waals surface area contributed by atoms with Crippen molar-refractivity contribution in [2.24, 2.45) is 5.41 Å². The van der Waals surface area contributed by atoms with E-state index in [1.807, 2.05) is 13.8 Å². The Morgan fingerprint density at radius 3 is 2.14 bits per heavy atom. The summed E-state index contributed by atoms with van der Waals surface area (Å²) in [5.41, 5.74) is -0.382. The number of nitrogens with one attached hydrogen (secondary N) is 1. The van der Waals surface area contributed by atoms with Gasteiger partial charge in [0.25, 0.3) is 0 Å². The van der Waals surface area contributed by atoms with Crippen molar-refractivity contribution in [2.45, 2.75) is 46.6 Å². The normalized spacial score (nSPS) is 12.7. The van der Waals surface area contributed by atoms with Crippen LogP contribution in [0, 0.1) is 5.41 Å². The summed E-state index contributed by atoms with van der Waals surface area (Å²) in [5, 5.41) is 3.36. The van der Waals surface area contributed by atoms with E-state index in [-0.39, 0.29) is 11.5 Å². The van der Waals surface area contributed by atoms with Gasteiger partial charge in [0.05, 0.1) is 12.5 Å². The molecule has 0 aliphatic heterocycles. The lowest BCUT2D eigenvalue weighted by Crippen LogP contribution is -2.46. The maximum Gasteiger partial charge on any atom is 0.312 e. The molecule has 84 valence electrons. The van der Waals surface area contributed by atoms with Crippen molar-refractivity contribution in [3.8, 4) is 0 Å². The Kier molecular flexibility index (Phi) is 4.59. The smallest absolute Gasteiger partial charge is 0.312 e. The molecule has 0 radical (unpaired) electrons. The third kappa shape index (κ3) is 4.09. The molecule has 3 nitrogen and oxygen atoms in total. The Morgan fingerprint density at radius 1 is 1.29 bits per heavy atom. The Balaban J connectivity index is 4.18. The molecular weight excluding hydrogens is 178 g/mol. The summed E-state index contributed by atoms with van der Waals surface area (Å²) in [7, 11) is 1.43. The van der Waals surface area contributed by atoms with Crippen molar-refractivity contribution in [2.75, 3.05) is 13.7 Å². The summed E-state index contributed by atoms with van der Waals surface area (Å²) < 4.78 is 4.73. The molecule has 0 aromatic heterocycles. The van der Waals surface area contributed by atoms with E-state index in [1.54, 1.807) is 0 Å². The van der Waals surface area contributed by atoms with Crippen LogP contribution in [-0.4, -0.2) is 25.2 Å². The van der Waals surface area contributed by atoms with Crippen LogP contribution < -0.4 is 5.32 Å². The van der Waals surface area contributed by atoms with Gasteiger partial charge in [-0.3, -0.25) is 4.79 Å². The molecule has 0 bridgehead atoms. The number of rotatable bonds is 5. The second-order valence-corrected chi connectivity index (χ2v) is 4.97. The summed E-state index contributed by atoms with van der Waals surface area (Å²) in [6, 6.07) is 0. The van der Waals surface area contributed by atoms with Gasteiger partial charge < -0.3 is 10.1 Å². The second-order valence-electron chi connectivity index (χ2n) is 4.97. The van der Waals surface area contributed by atoms with E-state index in [1.165, 1.54) is 7.11 Å². The molecule has 14 heavy (non-hydrogen) atoms. The summed E-state index contributed by atoms with van der Waals surface area (Å²) in [6.45, 7) is 10.8. The van der Waals surface area contributed by atoms with Crippen LogP contribution in [0.3, 0.4) is 0 Å². The molecule has 0 rings (SSSR count). The van der Waals surface area contributed by atoms with E-state index in [0.29, 0.717) is 6.54 Å². The molecule has 0 amide bonds. The summed E-state index contributed by atoms with van der Waals surface area (Å²) in [5.74, 6) is -0.170. The number of carbonyl (C=O) groups excluding carboxylic acids is 1. The summed E-state index contributed by atoms with van der Waals surface area (Å²) in [6.07, 6.45) is 1.03. The molecule has 0 heterocycles. The zero-order chi connectivity index (χ0) is 11.4. The van der Waals surface area contributed by atoms with Crippen molar-refractivity contribution in [1.82, 2.24) is 5.32 Å². The number of methoxy groups -OCH3 is 1. The van der Waals surface area contributed by atoms with Crippen molar-refractivity contribution >= 4 is 5.97 Å². The highest BCUT2D eigenvalue weighted by molar-refractivity contribution is 5.76. The topological polar surface area (TPSA) is 38.3 Å². The van der Waals surface area contributed by atoms with Crippen molar-refractivity contribution in [1.29, 1.82) is 0 Å². The number of carbonyl (C=O) groups is 1. The molecule has 0 spiro atoms. The fourth-order valence-corrected chi connectivity index (χ4v) is 0.934. The minimum absolute atomic E-state index is 0.0747. The van der Waals surface area contributed by atoms with Gasteiger partial charge in [0, 0.05) is 12.1 Å². The van der Waals surface area contributed by atoms with Gasteiger partial charge in [-0.1, -0.05) is 6.92 Å². The minimum Gasteiger partial charge on any atom is -0.469 e. The Bertz CT molecular complexity index is 197. The predicted octanol–water partition coefficient (Wildman–Crippen LogP) is 1.96. The van der Waals surface area contributed by atoms with Crippen LogP contribution in [0.4, 0.5) is 0 Å². The fraction of sp³-hybridized carbons (Fsp3) is 0.909. The van der Waals surface area contributed by atoms with Gasteiger partial charge in [-0.2, -0.15) is 0 Å². The minimum atomic E-state index is -0.457. The van der Waals surface area contributed by atoms with E-state index in [2.05, 4.69) is 26.1 Å². The monoisotopic (exact) mass is 201 g/mol. The molecule has 0 fully saturated rings. The van der Waals surface area contributed by atoms with Gasteiger partial charge in [-0.05, 0) is 34.1 Å².